The van der Waals surface area contributed by atoms with E-state index in [1.807, 2.05) is 10.8 Å². The van der Waals surface area contributed by atoms with E-state index in [0.29, 0.717) is 6.54 Å². The average molecular weight is 352 g/mol. The standard InChI is InChI=1S/C21H28N4O/c1-18-4-2-5-19(12-18)13-23-9-3-6-21(15-23)7-10-25(16-21)20(26)14-24-11-8-22-17-24/h2,4-5,8,11-12,17H,3,6-7,9-10,13-16H2,1H3. The molecule has 0 N–H and O–H groups in total. The predicted molar refractivity (Wildman–Crippen MR) is 102 cm³/mol. The van der Waals surface area contributed by atoms with Gasteiger partial charge in [0.2, 0.25) is 5.91 Å². The largest absolute Gasteiger partial charge is 0.341 e. The fourth-order valence-electron chi connectivity index (χ4n) is 4.63. The first-order chi connectivity index (χ1) is 12.6. The number of hydrogen-bond donors (Lipinski definition) is 0. The van der Waals surface area contributed by atoms with E-state index in [4.69, 9.17) is 0 Å². The summed E-state index contributed by atoms with van der Waals surface area (Å²) in [6.07, 6.45) is 8.90. The number of carbonyl (C=O) groups is 1. The summed E-state index contributed by atoms with van der Waals surface area (Å²) >= 11 is 0. The van der Waals surface area contributed by atoms with Crippen LogP contribution in [0.4, 0.5) is 0 Å². The Morgan fingerprint density at radius 1 is 1.23 bits per heavy atom. The fourth-order valence-corrected chi connectivity index (χ4v) is 4.63. The average Bonchev–Trinajstić information content (AvgIpc) is 3.25. The van der Waals surface area contributed by atoms with Crippen molar-refractivity contribution >= 4 is 5.91 Å². The third-order valence-corrected chi connectivity index (χ3v) is 5.90. The van der Waals surface area contributed by atoms with Gasteiger partial charge in [-0.2, -0.15) is 0 Å². The molecule has 2 fully saturated rings. The van der Waals surface area contributed by atoms with E-state index in [9.17, 15) is 4.79 Å². The van der Waals surface area contributed by atoms with Crippen molar-refractivity contribution in [2.24, 2.45) is 5.41 Å². The summed E-state index contributed by atoms with van der Waals surface area (Å²) in [4.78, 5) is 21.3. The molecule has 0 aliphatic carbocycles. The number of rotatable bonds is 4. The van der Waals surface area contributed by atoms with E-state index in [2.05, 4.69) is 46.0 Å². The molecule has 3 heterocycles. The lowest BCUT2D eigenvalue weighted by Crippen LogP contribution is -2.45. The topological polar surface area (TPSA) is 41.4 Å². The van der Waals surface area contributed by atoms with Gasteiger partial charge < -0.3 is 9.47 Å². The van der Waals surface area contributed by atoms with Crippen LogP contribution in [-0.2, 0) is 17.9 Å². The Labute approximate surface area is 155 Å². The zero-order chi connectivity index (χ0) is 18.0. The number of aromatic nitrogens is 2. The smallest absolute Gasteiger partial charge is 0.242 e. The van der Waals surface area contributed by atoms with Crippen molar-refractivity contribution < 1.29 is 4.79 Å². The molecule has 2 aliphatic heterocycles. The van der Waals surface area contributed by atoms with Crippen LogP contribution in [-0.4, -0.2) is 51.4 Å². The molecular formula is C21H28N4O. The van der Waals surface area contributed by atoms with Gasteiger partial charge in [0.1, 0.15) is 6.54 Å². The molecule has 2 aromatic rings. The Morgan fingerprint density at radius 3 is 2.96 bits per heavy atom. The zero-order valence-electron chi connectivity index (χ0n) is 15.6. The van der Waals surface area contributed by atoms with Crippen molar-refractivity contribution in [1.82, 2.24) is 19.4 Å². The summed E-state index contributed by atoms with van der Waals surface area (Å²) in [5, 5.41) is 0. The third kappa shape index (κ3) is 3.83. The van der Waals surface area contributed by atoms with Crippen LogP contribution in [0.1, 0.15) is 30.4 Å². The van der Waals surface area contributed by atoms with Crippen LogP contribution in [0.15, 0.2) is 43.0 Å². The third-order valence-electron chi connectivity index (χ3n) is 5.90. The molecule has 26 heavy (non-hydrogen) atoms. The minimum atomic E-state index is 0.218. The second-order valence-corrected chi connectivity index (χ2v) is 8.10. The molecule has 1 amide bonds. The monoisotopic (exact) mass is 352 g/mol. The lowest BCUT2D eigenvalue weighted by molar-refractivity contribution is -0.131. The number of piperidine rings is 1. The van der Waals surface area contributed by atoms with Crippen molar-refractivity contribution in [2.45, 2.75) is 39.3 Å². The van der Waals surface area contributed by atoms with Crippen molar-refractivity contribution in [3.8, 4) is 0 Å². The summed E-state index contributed by atoms with van der Waals surface area (Å²) in [7, 11) is 0. The van der Waals surface area contributed by atoms with E-state index >= 15 is 0 Å². The molecule has 1 spiro atoms. The van der Waals surface area contributed by atoms with E-state index in [0.717, 1.165) is 32.6 Å². The summed E-state index contributed by atoms with van der Waals surface area (Å²) < 4.78 is 1.86. The minimum Gasteiger partial charge on any atom is -0.341 e. The van der Waals surface area contributed by atoms with Crippen LogP contribution < -0.4 is 0 Å². The highest BCUT2D eigenvalue weighted by atomic mass is 16.2. The molecule has 0 saturated carbocycles. The highest BCUT2D eigenvalue weighted by Gasteiger charge is 2.42. The summed E-state index contributed by atoms with van der Waals surface area (Å²) in [6, 6.07) is 8.82. The number of carbonyl (C=O) groups excluding carboxylic acids is 1. The minimum absolute atomic E-state index is 0.218. The maximum atomic E-state index is 12.6. The lowest BCUT2D eigenvalue weighted by Gasteiger charge is -2.40. The Kier molecular flexibility index (Phi) is 4.81. The van der Waals surface area contributed by atoms with E-state index in [1.165, 1.54) is 30.5 Å². The van der Waals surface area contributed by atoms with E-state index < -0.39 is 0 Å². The molecule has 138 valence electrons. The maximum Gasteiger partial charge on any atom is 0.242 e. The molecule has 5 heteroatoms. The van der Waals surface area contributed by atoms with Crippen LogP contribution in [0.2, 0.25) is 0 Å². The Hall–Kier alpha value is -2.14. The van der Waals surface area contributed by atoms with Gasteiger partial charge in [0.05, 0.1) is 6.33 Å². The SMILES string of the molecule is Cc1cccc(CN2CCCC3(CCN(C(=O)Cn4ccnc4)C3)C2)c1. The number of likely N-dealkylation sites (tertiary alicyclic amines) is 2. The van der Waals surface area contributed by atoms with E-state index in [1.54, 1.807) is 12.5 Å². The Bertz CT molecular complexity index is 757. The number of benzene rings is 1. The lowest BCUT2D eigenvalue weighted by atomic mass is 9.79. The van der Waals surface area contributed by atoms with Crippen LogP contribution in [0.25, 0.3) is 0 Å². The quantitative estimate of drug-likeness (QED) is 0.850. The fraction of sp³-hybridized carbons (Fsp3) is 0.524. The molecule has 2 saturated heterocycles. The molecule has 1 aromatic carbocycles. The van der Waals surface area contributed by atoms with Gasteiger partial charge in [-0.25, -0.2) is 4.98 Å². The Balaban J connectivity index is 1.37. The van der Waals surface area contributed by atoms with Gasteiger partial charge in [-0.15, -0.1) is 0 Å². The maximum absolute atomic E-state index is 12.6. The second-order valence-electron chi connectivity index (χ2n) is 8.10. The molecule has 4 rings (SSSR count). The summed E-state index contributed by atoms with van der Waals surface area (Å²) in [6.45, 7) is 7.66. The van der Waals surface area contributed by atoms with Gasteiger partial charge in [0, 0.05) is 44.0 Å². The molecule has 0 radical (unpaired) electrons. The van der Waals surface area contributed by atoms with Crippen LogP contribution in [0.3, 0.4) is 0 Å². The highest BCUT2D eigenvalue weighted by molar-refractivity contribution is 5.76. The van der Waals surface area contributed by atoms with Crippen LogP contribution in [0, 0.1) is 12.3 Å². The highest BCUT2D eigenvalue weighted by Crippen LogP contribution is 2.39. The summed E-state index contributed by atoms with van der Waals surface area (Å²) in [5.41, 5.74) is 3.01. The van der Waals surface area contributed by atoms with Crippen LogP contribution in [0.5, 0.6) is 0 Å². The molecule has 0 bridgehead atoms. The van der Waals surface area contributed by atoms with Gasteiger partial charge in [0.15, 0.2) is 0 Å². The van der Waals surface area contributed by atoms with E-state index in [-0.39, 0.29) is 11.3 Å². The number of imidazole rings is 1. The van der Waals surface area contributed by atoms with Crippen molar-refractivity contribution in [1.29, 1.82) is 0 Å². The van der Waals surface area contributed by atoms with Crippen molar-refractivity contribution in [3.05, 3.63) is 54.1 Å². The normalized spacial score (nSPS) is 23.7. The zero-order valence-corrected chi connectivity index (χ0v) is 15.6. The molecular weight excluding hydrogens is 324 g/mol. The van der Waals surface area contributed by atoms with Gasteiger partial charge in [-0.3, -0.25) is 9.69 Å². The number of amides is 1. The molecule has 1 atom stereocenters. The van der Waals surface area contributed by atoms with Gasteiger partial charge in [-0.05, 0) is 38.3 Å². The van der Waals surface area contributed by atoms with Gasteiger partial charge >= 0.3 is 0 Å². The second kappa shape index (κ2) is 7.23. The first kappa shape index (κ1) is 17.3. The molecule has 5 nitrogen and oxygen atoms in total. The molecule has 1 aromatic heterocycles. The summed E-state index contributed by atoms with van der Waals surface area (Å²) in [5.74, 6) is 0.218. The molecule has 1 unspecified atom stereocenters. The first-order valence-corrected chi connectivity index (χ1v) is 9.63. The number of hydrogen-bond acceptors (Lipinski definition) is 3. The first-order valence-electron chi connectivity index (χ1n) is 9.63. The number of aryl methyl sites for hydroxylation is 1. The predicted octanol–water partition coefficient (Wildman–Crippen LogP) is 2.71. The van der Waals surface area contributed by atoms with Gasteiger partial charge in [0.25, 0.3) is 0 Å². The Morgan fingerprint density at radius 2 is 2.15 bits per heavy atom. The van der Waals surface area contributed by atoms with Crippen molar-refractivity contribution in [2.75, 3.05) is 26.2 Å². The van der Waals surface area contributed by atoms with Gasteiger partial charge in [-0.1, -0.05) is 29.8 Å². The number of nitrogens with zero attached hydrogens (tertiary/aromatic N) is 4. The van der Waals surface area contributed by atoms with Crippen molar-refractivity contribution in [3.63, 3.8) is 0 Å². The molecule has 2 aliphatic rings. The van der Waals surface area contributed by atoms with Crippen LogP contribution >= 0.6 is 0 Å².